The highest BCUT2D eigenvalue weighted by atomic mass is 16.7. The first kappa shape index (κ1) is 19.2. The van der Waals surface area contributed by atoms with E-state index in [1.807, 2.05) is 7.11 Å². The molecule has 4 aliphatic carbocycles. The minimum absolute atomic E-state index is 0.0808. The Bertz CT molecular complexity index is 694. The molecule has 6 fully saturated rings. The summed E-state index contributed by atoms with van der Waals surface area (Å²) < 4.78 is 6.16. The van der Waals surface area contributed by atoms with Crippen LogP contribution in [0.4, 0.5) is 0 Å². The van der Waals surface area contributed by atoms with Crippen LogP contribution in [0.2, 0.25) is 0 Å². The molecule has 0 aromatic heterocycles. The lowest BCUT2D eigenvalue weighted by atomic mass is 9.44. The number of carbonyl (C=O) groups excluding carboxylic acids is 1. The lowest BCUT2D eigenvalue weighted by Gasteiger charge is -2.61. The smallest absolute Gasteiger partial charge is 0.139 e. The number of carbonyl (C=O) groups is 1. The highest BCUT2D eigenvalue weighted by molar-refractivity contribution is 5.87. The summed E-state index contributed by atoms with van der Waals surface area (Å²) in [6.45, 7) is 6.95. The molecule has 4 saturated carbocycles. The van der Waals surface area contributed by atoms with Crippen LogP contribution in [0.1, 0.15) is 65.2 Å². The molecule has 29 heavy (non-hydrogen) atoms. The van der Waals surface area contributed by atoms with E-state index in [1.54, 1.807) is 0 Å². The van der Waals surface area contributed by atoms with Crippen LogP contribution in [-0.4, -0.2) is 55.3 Å². The van der Waals surface area contributed by atoms with Crippen LogP contribution in [0.25, 0.3) is 0 Å². The Morgan fingerprint density at radius 2 is 1.97 bits per heavy atom. The number of methoxy groups -OCH3 is 1. The molecule has 0 amide bonds. The third kappa shape index (κ3) is 2.63. The molecule has 5 nitrogen and oxygen atoms in total. The molecule has 4 unspecified atom stereocenters. The topological polar surface area (TPSA) is 50.6 Å². The van der Waals surface area contributed by atoms with Crippen molar-refractivity contribution >= 4 is 5.78 Å². The van der Waals surface area contributed by atoms with Gasteiger partial charge in [0.25, 0.3) is 0 Å². The first-order valence-electron chi connectivity index (χ1n) is 12.2. The van der Waals surface area contributed by atoms with Crippen LogP contribution in [0, 0.1) is 34.5 Å². The van der Waals surface area contributed by atoms with Crippen molar-refractivity contribution in [3.05, 3.63) is 0 Å². The minimum Gasteiger partial charge on any atom is -0.381 e. The Morgan fingerprint density at radius 3 is 2.72 bits per heavy atom. The maximum Gasteiger partial charge on any atom is 0.139 e. The molecule has 6 aliphatic rings. The number of rotatable bonds is 3. The quantitative estimate of drug-likeness (QED) is 0.735. The van der Waals surface area contributed by atoms with E-state index in [1.165, 1.54) is 25.7 Å². The minimum atomic E-state index is -0.0808. The van der Waals surface area contributed by atoms with Gasteiger partial charge in [0.15, 0.2) is 0 Å². The first-order valence-corrected chi connectivity index (χ1v) is 12.2. The van der Waals surface area contributed by atoms with Gasteiger partial charge in [0.2, 0.25) is 0 Å². The molecule has 2 saturated heterocycles. The van der Waals surface area contributed by atoms with Crippen molar-refractivity contribution in [1.82, 2.24) is 10.4 Å². The van der Waals surface area contributed by atoms with Gasteiger partial charge in [0.1, 0.15) is 5.78 Å². The number of hydroxylamine groups is 2. The van der Waals surface area contributed by atoms with E-state index < -0.39 is 0 Å². The Balaban J connectivity index is 1.26. The average molecular weight is 403 g/mol. The van der Waals surface area contributed by atoms with Crippen molar-refractivity contribution in [3.63, 3.8) is 0 Å². The zero-order valence-corrected chi connectivity index (χ0v) is 18.4. The van der Waals surface area contributed by atoms with Crippen LogP contribution in [0.15, 0.2) is 0 Å². The number of hydrogen-bond donors (Lipinski definition) is 1. The number of nitrogens with one attached hydrogen (secondary N) is 1. The largest absolute Gasteiger partial charge is 0.381 e. The fourth-order valence-electron chi connectivity index (χ4n) is 8.79. The molecule has 5 heteroatoms. The second-order valence-corrected chi connectivity index (χ2v) is 11.6. The van der Waals surface area contributed by atoms with Gasteiger partial charge >= 0.3 is 0 Å². The summed E-state index contributed by atoms with van der Waals surface area (Å²) >= 11 is 0. The number of nitrogens with zero attached hydrogens (tertiary/aromatic N) is 1. The Kier molecular flexibility index (Phi) is 4.31. The normalized spacial score (nSPS) is 58.3. The lowest BCUT2D eigenvalue weighted by molar-refractivity contribution is -0.168. The van der Waals surface area contributed by atoms with Gasteiger partial charge in [-0.1, -0.05) is 13.8 Å². The van der Waals surface area contributed by atoms with E-state index in [4.69, 9.17) is 9.57 Å². The van der Waals surface area contributed by atoms with Crippen molar-refractivity contribution in [3.8, 4) is 0 Å². The fourth-order valence-corrected chi connectivity index (χ4v) is 8.79. The van der Waals surface area contributed by atoms with E-state index in [-0.39, 0.29) is 5.41 Å². The van der Waals surface area contributed by atoms with Gasteiger partial charge in [-0.15, -0.1) is 0 Å². The van der Waals surface area contributed by atoms with Gasteiger partial charge in [-0.2, -0.15) is 5.06 Å². The van der Waals surface area contributed by atoms with E-state index in [2.05, 4.69) is 24.2 Å². The van der Waals surface area contributed by atoms with Crippen LogP contribution >= 0.6 is 0 Å². The lowest BCUT2D eigenvalue weighted by Crippen LogP contribution is -2.58. The summed E-state index contributed by atoms with van der Waals surface area (Å²) in [6, 6.07) is 1.25. The highest BCUT2D eigenvalue weighted by Crippen LogP contribution is 2.68. The van der Waals surface area contributed by atoms with Crippen LogP contribution in [-0.2, 0) is 14.4 Å². The van der Waals surface area contributed by atoms with Crippen molar-refractivity contribution in [2.45, 2.75) is 89.5 Å². The Hall–Kier alpha value is -0.490. The number of ketones is 1. The Morgan fingerprint density at radius 1 is 1.10 bits per heavy atom. The number of Topliss-reactive ketones (excluding diaryl/α,β-unsaturated/α-hetero) is 1. The molecular formula is C24H38N2O3. The van der Waals surface area contributed by atoms with E-state index in [0.29, 0.717) is 53.2 Å². The maximum atomic E-state index is 12.8. The highest BCUT2D eigenvalue weighted by Gasteiger charge is 2.67. The summed E-state index contributed by atoms with van der Waals surface area (Å²) in [5, 5.41) is 5.79. The molecular weight excluding hydrogens is 364 g/mol. The van der Waals surface area contributed by atoms with Gasteiger partial charge in [-0.25, -0.2) is 0 Å². The number of fused-ring (bicyclic) bond motifs is 6. The van der Waals surface area contributed by atoms with Gasteiger partial charge in [-0.05, 0) is 80.6 Å². The molecule has 2 heterocycles. The molecule has 162 valence electrons. The van der Waals surface area contributed by atoms with E-state index in [0.717, 1.165) is 44.7 Å². The molecule has 11 atom stereocenters. The molecule has 2 aliphatic heterocycles. The fraction of sp³-hybridized carbons (Fsp3) is 0.958. The predicted molar refractivity (Wildman–Crippen MR) is 110 cm³/mol. The Labute approximate surface area is 175 Å². The summed E-state index contributed by atoms with van der Waals surface area (Å²) in [6.07, 6.45) is 9.75. The molecule has 0 radical (unpaired) electrons. The predicted octanol–water partition coefficient (Wildman–Crippen LogP) is 3.18. The summed E-state index contributed by atoms with van der Waals surface area (Å²) in [7, 11) is 1.92. The third-order valence-electron chi connectivity index (χ3n) is 10.5. The molecule has 6 rings (SSSR count). The van der Waals surface area contributed by atoms with Crippen molar-refractivity contribution in [2.75, 3.05) is 20.2 Å². The van der Waals surface area contributed by atoms with Gasteiger partial charge < -0.3 is 10.1 Å². The molecule has 1 N–H and O–H groups in total. The molecule has 0 bridgehead atoms. The zero-order valence-electron chi connectivity index (χ0n) is 18.4. The molecule has 0 spiro atoms. The maximum absolute atomic E-state index is 12.8. The van der Waals surface area contributed by atoms with Crippen LogP contribution in [0.3, 0.4) is 0 Å². The van der Waals surface area contributed by atoms with Gasteiger partial charge in [0.05, 0.1) is 24.3 Å². The van der Waals surface area contributed by atoms with Gasteiger partial charge in [-0.3, -0.25) is 9.63 Å². The van der Waals surface area contributed by atoms with E-state index in [9.17, 15) is 4.79 Å². The van der Waals surface area contributed by atoms with E-state index >= 15 is 0 Å². The second-order valence-electron chi connectivity index (χ2n) is 11.6. The van der Waals surface area contributed by atoms with Crippen molar-refractivity contribution in [1.29, 1.82) is 0 Å². The van der Waals surface area contributed by atoms with Crippen LogP contribution < -0.4 is 5.32 Å². The second kappa shape index (κ2) is 6.51. The SMILES string of the molecule is CO[C@@H]1CC2CC3C(C[C@]2(C)[C@H]2CC[C@]4(C)C(=O)CC[C@H]4[C@H]12)N3O[C@@H]1CCNC1. The standard InChI is InChI=1S/C24H38N2O3/c1-23-8-6-17-22(16(23)4-5-21(23)27)20(28-3)11-14-10-18-19(12-24(14,17)2)26(18)29-15-7-9-25-13-15/h14-20,22,25H,4-13H2,1-3H3/t14?,15-,16+,17+,18?,19?,20-,22+,23+,24+,26?/m1/s1. The molecule has 0 aromatic carbocycles. The van der Waals surface area contributed by atoms with Crippen LogP contribution in [0.5, 0.6) is 0 Å². The number of hydrogen-bond acceptors (Lipinski definition) is 5. The number of ether oxygens (including phenoxy) is 1. The zero-order chi connectivity index (χ0) is 20.0. The molecule has 0 aromatic rings. The van der Waals surface area contributed by atoms with Crippen molar-refractivity contribution < 1.29 is 14.4 Å². The average Bonchev–Trinajstić information content (AvgIpc) is 3.04. The van der Waals surface area contributed by atoms with Gasteiger partial charge in [0, 0.05) is 25.5 Å². The first-order chi connectivity index (χ1) is 14.0. The third-order valence-corrected chi connectivity index (χ3v) is 10.5. The van der Waals surface area contributed by atoms with Crippen molar-refractivity contribution in [2.24, 2.45) is 34.5 Å². The monoisotopic (exact) mass is 402 g/mol. The summed E-state index contributed by atoms with van der Waals surface area (Å²) in [5.74, 6) is 3.05. The summed E-state index contributed by atoms with van der Waals surface area (Å²) in [5.41, 5.74) is 0.294. The summed E-state index contributed by atoms with van der Waals surface area (Å²) in [4.78, 5) is 19.2.